The fraction of sp³-hybridized carbons (Fsp3) is 0.583. The van der Waals surface area contributed by atoms with Gasteiger partial charge in [0.05, 0.1) is 0 Å². The zero-order valence-electron chi connectivity index (χ0n) is 11.1. The molecular weight excluding hydrogens is 248 g/mol. The first kappa shape index (κ1) is 13.4. The van der Waals surface area contributed by atoms with Crippen molar-refractivity contribution in [2.75, 3.05) is 11.1 Å². The lowest BCUT2D eigenvalue weighted by molar-refractivity contribution is -0.114. The van der Waals surface area contributed by atoms with Crippen LogP contribution < -0.4 is 22.3 Å². The molecule has 3 N–H and O–H groups in total. The lowest BCUT2D eigenvalue weighted by Crippen LogP contribution is -2.42. The van der Waals surface area contributed by atoms with Crippen LogP contribution in [0.2, 0.25) is 0 Å². The molecule has 0 atom stereocenters. The van der Waals surface area contributed by atoms with Crippen molar-refractivity contribution in [3.8, 4) is 0 Å². The minimum atomic E-state index is -0.507. The van der Waals surface area contributed by atoms with E-state index in [9.17, 15) is 14.4 Å². The molecule has 1 aliphatic rings. The molecule has 1 fully saturated rings. The summed E-state index contributed by atoms with van der Waals surface area (Å²) in [6.07, 6.45) is 2.34. The number of aromatic nitrogens is 2. The number of hydrogen-bond donors (Lipinski definition) is 2. The van der Waals surface area contributed by atoms with Gasteiger partial charge in [0.25, 0.3) is 5.56 Å². The zero-order valence-corrected chi connectivity index (χ0v) is 11.1. The van der Waals surface area contributed by atoms with Crippen LogP contribution in [0.4, 0.5) is 11.5 Å². The fourth-order valence-electron chi connectivity index (χ4n) is 2.07. The van der Waals surface area contributed by atoms with Crippen molar-refractivity contribution in [1.29, 1.82) is 0 Å². The highest BCUT2D eigenvalue weighted by atomic mass is 16.2. The van der Waals surface area contributed by atoms with E-state index >= 15 is 0 Å². The van der Waals surface area contributed by atoms with Gasteiger partial charge in [0.15, 0.2) is 0 Å². The molecule has 0 spiro atoms. The Bertz CT molecular complexity index is 625. The van der Waals surface area contributed by atoms with E-state index in [0.29, 0.717) is 13.0 Å². The number of carbonyl (C=O) groups excluding carboxylic acids is 1. The molecule has 2 rings (SSSR count). The number of amides is 1. The molecule has 0 unspecified atom stereocenters. The van der Waals surface area contributed by atoms with Crippen molar-refractivity contribution in [3.05, 3.63) is 20.8 Å². The van der Waals surface area contributed by atoms with Crippen LogP contribution in [-0.2, 0) is 11.3 Å². The molecule has 0 radical (unpaired) electrons. The number of carbonyl (C=O) groups is 1. The number of hydrogen-bond acceptors (Lipinski definition) is 4. The molecule has 104 valence electrons. The van der Waals surface area contributed by atoms with E-state index in [4.69, 9.17) is 5.73 Å². The van der Waals surface area contributed by atoms with Gasteiger partial charge in [0.1, 0.15) is 11.5 Å². The topological polar surface area (TPSA) is 99.1 Å². The summed E-state index contributed by atoms with van der Waals surface area (Å²) in [6, 6.07) is -0.0591. The van der Waals surface area contributed by atoms with Gasteiger partial charge >= 0.3 is 5.69 Å². The molecule has 1 aliphatic carbocycles. The van der Waals surface area contributed by atoms with Gasteiger partial charge < -0.3 is 11.1 Å². The van der Waals surface area contributed by atoms with Crippen LogP contribution in [0.1, 0.15) is 39.2 Å². The largest absolute Gasteiger partial charge is 0.383 e. The van der Waals surface area contributed by atoms with Gasteiger partial charge in [-0.1, -0.05) is 6.92 Å². The Labute approximate surface area is 110 Å². The van der Waals surface area contributed by atoms with Crippen molar-refractivity contribution < 1.29 is 4.79 Å². The minimum absolute atomic E-state index is 0.00690. The molecule has 1 saturated carbocycles. The van der Waals surface area contributed by atoms with E-state index in [0.717, 1.165) is 12.8 Å². The molecule has 0 saturated heterocycles. The van der Waals surface area contributed by atoms with E-state index in [-0.39, 0.29) is 29.1 Å². The molecular formula is C12H18N4O3. The van der Waals surface area contributed by atoms with Gasteiger partial charge in [-0.3, -0.25) is 18.7 Å². The first-order valence-electron chi connectivity index (χ1n) is 6.39. The summed E-state index contributed by atoms with van der Waals surface area (Å²) in [6.45, 7) is 3.64. The van der Waals surface area contributed by atoms with E-state index < -0.39 is 5.56 Å². The highest BCUT2D eigenvalue weighted by Crippen LogP contribution is 2.32. The first-order chi connectivity index (χ1) is 8.97. The summed E-state index contributed by atoms with van der Waals surface area (Å²) in [5.41, 5.74) is 4.96. The highest BCUT2D eigenvalue weighted by Gasteiger charge is 2.30. The van der Waals surface area contributed by atoms with E-state index in [1.54, 1.807) is 0 Å². The molecule has 7 nitrogen and oxygen atoms in total. The Morgan fingerprint density at radius 3 is 2.53 bits per heavy atom. The van der Waals surface area contributed by atoms with Gasteiger partial charge in [-0.25, -0.2) is 4.79 Å². The summed E-state index contributed by atoms with van der Waals surface area (Å²) in [5, 5.41) is 2.43. The number of nitrogens with one attached hydrogen (secondary N) is 1. The van der Waals surface area contributed by atoms with Crippen LogP contribution in [0.5, 0.6) is 0 Å². The smallest absolute Gasteiger partial charge is 0.332 e. The Balaban J connectivity index is 2.69. The van der Waals surface area contributed by atoms with E-state index in [2.05, 4.69) is 5.32 Å². The van der Waals surface area contributed by atoms with Crippen LogP contribution >= 0.6 is 0 Å². The van der Waals surface area contributed by atoms with Crippen molar-refractivity contribution in [2.24, 2.45) is 0 Å². The standard InChI is InChI=1S/C12H18N4O3/c1-3-6-15-10(13)9(14-7(2)17)11(18)16(12(15)19)8-4-5-8/h8H,3-6,13H2,1-2H3,(H,14,17). The molecule has 7 heteroatoms. The first-order valence-corrected chi connectivity index (χ1v) is 6.39. The minimum Gasteiger partial charge on any atom is -0.383 e. The normalized spacial score (nSPS) is 14.4. The maximum Gasteiger partial charge on any atom is 0.332 e. The predicted molar refractivity (Wildman–Crippen MR) is 72.2 cm³/mol. The van der Waals surface area contributed by atoms with E-state index in [1.165, 1.54) is 16.1 Å². The van der Waals surface area contributed by atoms with Gasteiger partial charge in [-0.2, -0.15) is 0 Å². The van der Waals surface area contributed by atoms with Crippen molar-refractivity contribution >= 4 is 17.4 Å². The zero-order chi connectivity index (χ0) is 14.2. The third-order valence-corrected chi connectivity index (χ3v) is 3.08. The SMILES string of the molecule is CCCn1c(N)c(NC(C)=O)c(=O)n(C2CC2)c1=O. The van der Waals surface area contributed by atoms with Gasteiger partial charge in [-0.05, 0) is 19.3 Å². The van der Waals surface area contributed by atoms with Crippen molar-refractivity contribution in [3.63, 3.8) is 0 Å². The summed E-state index contributed by atoms with van der Waals surface area (Å²) in [4.78, 5) is 35.7. The number of nitrogens with two attached hydrogens (primary N) is 1. The number of nitrogen functional groups attached to an aromatic ring is 1. The lowest BCUT2D eigenvalue weighted by atomic mass is 10.4. The average molecular weight is 266 g/mol. The Kier molecular flexibility index (Phi) is 3.46. The molecule has 1 aromatic rings. The molecule has 0 aliphatic heterocycles. The maximum atomic E-state index is 12.3. The fourth-order valence-corrected chi connectivity index (χ4v) is 2.07. The summed E-state index contributed by atoms with van der Waals surface area (Å²) < 4.78 is 2.56. The van der Waals surface area contributed by atoms with E-state index in [1.807, 2.05) is 6.92 Å². The molecule has 0 bridgehead atoms. The molecule has 0 aromatic carbocycles. The lowest BCUT2D eigenvalue weighted by Gasteiger charge is -2.15. The van der Waals surface area contributed by atoms with Crippen molar-refractivity contribution in [1.82, 2.24) is 9.13 Å². The van der Waals surface area contributed by atoms with Gasteiger partial charge in [0, 0.05) is 19.5 Å². The second-order valence-electron chi connectivity index (χ2n) is 4.78. The second-order valence-corrected chi connectivity index (χ2v) is 4.78. The van der Waals surface area contributed by atoms with Crippen molar-refractivity contribution in [2.45, 2.75) is 45.7 Å². The number of nitrogens with zero attached hydrogens (tertiary/aromatic N) is 2. The molecule has 1 aromatic heterocycles. The third kappa shape index (κ3) is 2.40. The maximum absolute atomic E-state index is 12.3. The Morgan fingerprint density at radius 1 is 1.42 bits per heavy atom. The van der Waals surface area contributed by atoms with Gasteiger partial charge in [0.2, 0.25) is 5.91 Å². The highest BCUT2D eigenvalue weighted by molar-refractivity contribution is 5.91. The quantitative estimate of drug-likeness (QED) is 0.818. The van der Waals surface area contributed by atoms with Crippen LogP contribution in [0.3, 0.4) is 0 Å². The van der Waals surface area contributed by atoms with Crippen LogP contribution in [-0.4, -0.2) is 15.0 Å². The second kappa shape index (κ2) is 4.91. The summed E-state index contributed by atoms with van der Waals surface area (Å²) in [5.74, 6) is -0.350. The molecule has 1 amide bonds. The Hall–Kier alpha value is -2.05. The van der Waals surface area contributed by atoms with Crippen LogP contribution in [0.25, 0.3) is 0 Å². The summed E-state index contributed by atoms with van der Waals surface area (Å²) >= 11 is 0. The number of rotatable bonds is 4. The molecule has 19 heavy (non-hydrogen) atoms. The predicted octanol–water partition coefficient (Wildman–Crippen LogP) is 0.295. The third-order valence-electron chi connectivity index (χ3n) is 3.08. The average Bonchev–Trinajstić information content (AvgIpc) is 3.14. The monoisotopic (exact) mass is 266 g/mol. The summed E-state index contributed by atoms with van der Waals surface area (Å²) in [7, 11) is 0. The molecule has 1 heterocycles. The van der Waals surface area contributed by atoms with Crippen LogP contribution in [0, 0.1) is 0 Å². The van der Waals surface area contributed by atoms with Gasteiger partial charge in [-0.15, -0.1) is 0 Å². The number of anilines is 2. The Morgan fingerprint density at radius 2 is 2.05 bits per heavy atom. The van der Waals surface area contributed by atoms with Crippen LogP contribution in [0.15, 0.2) is 9.59 Å².